The third-order valence-corrected chi connectivity index (χ3v) is 2.41. The molecule has 0 aromatic carbocycles. The van der Waals surface area contributed by atoms with E-state index in [-0.39, 0.29) is 5.97 Å². The molecular formula is C13H18N2O3. The lowest BCUT2D eigenvalue weighted by Gasteiger charge is -2.21. The van der Waals surface area contributed by atoms with Crippen LogP contribution in [0.25, 0.3) is 0 Å². The highest BCUT2D eigenvalue weighted by molar-refractivity contribution is 5.90. The predicted molar refractivity (Wildman–Crippen MR) is 69.9 cm³/mol. The number of nitrogens with zero attached hydrogens (tertiary/aromatic N) is 2. The van der Waals surface area contributed by atoms with Gasteiger partial charge in [0.15, 0.2) is 0 Å². The summed E-state index contributed by atoms with van der Waals surface area (Å²) in [6.07, 6.45) is 3.37. The van der Waals surface area contributed by atoms with E-state index in [1.54, 1.807) is 31.5 Å². The van der Waals surface area contributed by atoms with E-state index in [2.05, 4.69) is 16.3 Å². The highest BCUT2D eigenvalue weighted by Gasteiger charge is 2.10. The lowest BCUT2D eigenvalue weighted by atomic mass is 10.2. The summed E-state index contributed by atoms with van der Waals surface area (Å²) in [7, 11) is 3.00. The Bertz CT molecular complexity index is 407. The van der Waals surface area contributed by atoms with Crippen LogP contribution in [-0.2, 0) is 9.47 Å². The maximum absolute atomic E-state index is 11.4. The molecule has 0 unspecified atom stereocenters. The Balaban J connectivity index is 2.89. The molecule has 0 bridgehead atoms. The minimum atomic E-state index is -0.371. The standard InChI is InChI=1S/C13H18N2O3/c1-4-7-15(8-9-17-2)12-10-11(5-6-14-12)13(16)18-3/h4-6,10H,1,7-9H2,2-3H3. The summed E-state index contributed by atoms with van der Waals surface area (Å²) in [5, 5.41) is 0. The molecule has 1 aromatic rings. The molecule has 1 heterocycles. The van der Waals surface area contributed by atoms with Gasteiger partial charge < -0.3 is 14.4 Å². The van der Waals surface area contributed by atoms with Crippen molar-refractivity contribution in [3.63, 3.8) is 0 Å². The number of ether oxygens (including phenoxy) is 2. The minimum absolute atomic E-state index is 0.371. The third-order valence-electron chi connectivity index (χ3n) is 2.41. The van der Waals surface area contributed by atoms with Gasteiger partial charge in [0.2, 0.25) is 0 Å². The molecule has 0 aliphatic carbocycles. The molecule has 0 aliphatic rings. The first-order valence-electron chi connectivity index (χ1n) is 5.62. The Hall–Kier alpha value is -1.88. The number of methoxy groups -OCH3 is 2. The number of carbonyl (C=O) groups is 1. The molecule has 0 N–H and O–H groups in total. The van der Waals surface area contributed by atoms with Gasteiger partial charge in [-0.3, -0.25) is 0 Å². The van der Waals surface area contributed by atoms with E-state index in [4.69, 9.17) is 4.74 Å². The number of hydrogen-bond donors (Lipinski definition) is 0. The lowest BCUT2D eigenvalue weighted by molar-refractivity contribution is 0.0600. The van der Waals surface area contributed by atoms with Gasteiger partial charge in [-0.2, -0.15) is 0 Å². The van der Waals surface area contributed by atoms with E-state index < -0.39 is 0 Å². The van der Waals surface area contributed by atoms with E-state index in [9.17, 15) is 4.79 Å². The van der Waals surface area contributed by atoms with E-state index in [1.165, 1.54) is 7.11 Å². The Morgan fingerprint density at radius 3 is 2.94 bits per heavy atom. The van der Waals surface area contributed by atoms with Crippen LogP contribution in [0, 0.1) is 0 Å². The molecule has 1 aromatic heterocycles. The second kappa shape index (κ2) is 7.45. The van der Waals surface area contributed by atoms with E-state index in [0.29, 0.717) is 31.1 Å². The number of carbonyl (C=O) groups excluding carboxylic acids is 1. The molecule has 0 fully saturated rings. The summed E-state index contributed by atoms with van der Waals surface area (Å²) in [4.78, 5) is 17.7. The SMILES string of the molecule is C=CCN(CCOC)c1cc(C(=O)OC)ccn1. The summed E-state index contributed by atoms with van der Waals surface area (Å²) < 4.78 is 9.73. The maximum atomic E-state index is 11.4. The number of aromatic nitrogens is 1. The van der Waals surface area contributed by atoms with Crippen molar-refractivity contribution in [3.8, 4) is 0 Å². The topological polar surface area (TPSA) is 51.7 Å². The number of pyridine rings is 1. The van der Waals surface area contributed by atoms with Crippen molar-refractivity contribution >= 4 is 11.8 Å². The van der Waals surface area contributed by atoms with Gasteiger partial charge in [0.25, 0.3) is 0 Å². The van der Waals surface area contributed by atoms with Gasteiger partial charge >= 0.3 is 5.97 Å². The fraction of sp³-hybridized carbons (Fsp3) is 0.385. The van der Waals surface area contributed by atoms with Crippen LogP contribution in [-0.4, -0.2) is 44.9 Å². The van der Waals surface area contributed by atoms with Gasteiger partial charge in [0.1, 0.15) is 5.82 Å². The van der Waals surface area contributed by atoms with Gasteiger partial charge in [-0.25, -0.2) is 9.78 Å². The van der Waals surface area contributed by atoms with Crippen molar-refractivity contribution in [1.29, 1.82) is 0 Å². The second-order valence-electron chi connectivity index (χ2n) is 3.62. The number of rotatable bonds is 7. The minimum Gasteiger partial charge on any atom is -0.465 e. The van der Waals surface area contributed by atoms with Crippen LogP contribution in [0.1, 0.15) is 10.4 Å². The van der Waals surface area contributed by atoms with Crippen LogP contribution in [0.4, 0.5) is 5.82 Å². The first kappa shape index (κ1) is 14.2. The highest BCUT2D eigenvalue weighted by atomic mass is 16.5. The molecule has 0 saturated heterocycles. The first-order chi connectivity index (χ1) is 8.72. The summed E-state index contributed by atoms with van der Waals surface area (Å²) >= 11 is 0. The molecule has 0 saturated carbocycles. The van der Waals surface area contributed by atoms with Crippen LogP contribution in [0.3, 0.4) is 0 Å². The average molecular weight is 250 g/mol. The quantitative estimate of drug-likeness (QED) is 0.542. The predicted octanol–water partition coefficient (Wildman–Crippen LogP) is 1.51. The summed E-state index contributed by atoms with van der Waals surface area (Å²) in [5.41, 5.74) is 0.481. The number of hydrogen-bond acceptors (Lipinski definition) is 5. The monoisotopic (exact) mass is 250 g/mol. The van der Waals surface area contributed by atoms with E-state index >= 15 is 0 Å². The second-order valence-corrected chi connectivity index (χ2v) is 3.62. The molecule has 0 spiro atoms. The van der Waals surface area contributed by atoms with Crippen molar-refractivity contribution in [1.82, 2.24) is 4.98 Å². The molecule has 0 amide bonds. The zero-order valence-electron chi connectivity index (χ0n) is 10.8. The van der Waals surface area contributed by atoms with Gasteiger partial charge in [-0.15, -0.1) is 6.58 Å². The van der Waals surface area contributed by atoms with Gasteiger partial charge in [0.05, 0.1) is 19.3 Å². The molecule has 0 radical (unpaired) electrons. The molecule has 1 rings (SSSR count). The largest absolute Gasteiger partial charge is 0.465 e. The van der Waals surface area contributed by atoms with Crippen molar-refractivity contribution < 1.29 is 14.3 Å². The van der Waals surface area contributed by atoms with Crippen LogP contribution < -0.4 is 4.90 Å². The van der Waals surface area contributed by atoms with Gasteiger partial charge in [0, 0.05) is 26.4 Å². The normalized spacial score (nSPS) is 9.89. The summed E-state index contributed by atoms with van der Waals surface area (Å²) in [6.45, 7) is 5.61. The molecular weight excluding hydrogens is 232 g/mol. The molecule has 5 nitrogen and oxygen atoms in total. The lowest BCUT2D eigenvalue weighted by Crippen LogP contribution is -2.28. The average Bonchev–Trinajstić information content (AvgIpc) is 2.42. The Labute approximate surface area is 107 Å². The summed E-state index contributed by atoms with van der Waals surface area (Å²) in [6, 6.07) is 3.32. The van der Waals surface area contributed by atoms with Crippen LogP contribution in [0.15, 0.2) is 31.0 Å². The molecule has 5 heteroatoms. The van der Waals surface area contributed by atoms with Gasteiger partial charge in [-0.1, -0.05) is 6.08 Å². The third kappa shape index (κ3) is 3.85. The first-order valence-corrected chi connectivity index (χ1v) is 5.62. The number of esters is 1. The number of anilines is 1. The fourth-order valence-corrected chi connectivity index (χ4v) is 1.49. The molecule has 0 atom stereocenters. The molecule has 98 valence electrons. The van der Waals surface area contributed by atoms with Crippen molar-refractivity contribution in [2.45, 2.75) is 0 Å². The van der Waals surface area contributed by atoms with Crippen LogP contribution in [0.2, 0.25) is 0 Å². The fourth-order valence-electron chi connectivity index (χ4n) is 1.49. The van der Waals surface area contributed by atoms with Crippen LogP contribution >= 0.6 is 0 Å². The zero-order chi connectivity index (χ0) is 13.4. The van der Waals surface area contributed by atoms with Crippen LogP contribution in [0.5, 0.6) is 0 Å². The maximum Gasteiger partial charge on any atom is 0.338 e. The zero-order valence-corrected chi connectivity index (χ0v) is 10.8. The Kier molecular flexibility index (Phi) is 5.87. The smallest absolute Gasteiger partial charge is 0.338 e. The van der Waals surface area contributed by atoms with Crippen molar-refractivity contribution in [2.75, 3.05) is 38.8 Å². The van der Waals surface area contributed by atoms with E-state index in [1.807, 2.05) is 4.90 Å². The van der Waals surface area contributed by atoms with Crippen molar-refractivity contribution in [3.05, 3.63) is 36.5 Å². The summed E-state index contributed by atoms with van der Waals surface area (Å²) in [5.74, 6) is 0.332. The van der Waals surface area contributed by atoms with Crippen molar-refractivity contribution in [2.24, 2.45) is 0 Å². The Morgan fingerprint density at radius 1 is 1.56 bits per heavy atom. The Morgan fingerprint density at radius 2 is 2.33 bits per heavy atom. The highest BCUT2D eigenvalue weighted by Crippen LogP contribution is 2.13. The van der Waals surface area contributed by atoms with E-state index in [0.717, 1.165) is 0 Å². The molecule has 0 aliphatic heterocycles. The molecule has 18 heavy (non-hydrogen) atoms. The van der Waals surface area contributed by atoms with Gasteiger partial charge in [-0.05, 0) is 12.1 Å².